The van der Waals surface area contributed by atoms with E-state index in [0.29, 0.717) is 11.3 Å². The Labute approximate surface area is 98.8 Å². The van der Waals surface area contributed by atoms with E-state index in [1.54, 1.807) is 30.6 Å². The maximum Gasteiger partial charge on any atom is 0.337 e. The van der Waals surface area contributed by atoms with E-state index in [2.05, 4.69) is 9.72 Å². The van der Waals surface area contributed by atoms with E-state index < -0.39 is 0 Å². The smallest absolute Gasteiger partial charge is 0.337 e. The van der Waals surface area contributed by atoms with Gasteiger partial charge in [-0.05, 0) is 25.1 Å². The maximum absolute atomic E-state index is 11.4. The molecule has 1 aromatic carbocycles. The molecule has 2 aromatic rings. The quantitative estimate of drug-likeness (QED) is 0.628. The lowest BCUT2D eigenvalue weighted by Crippen LogP contribution is -2.06. The van der Waals surface area contributed by atoms with Crippen LogP contribution in [0.25, 0.3) is 5.69 Å². The fourth-order valence-corrected chi connectivity index (χ4v) is 1.63. The van der Waals surface area contributed by atoms with Crippen molar-refractivity contribution in [1.82, 2.24) is 9.55 Å². The Bertz CT molecular complexity index is 561. The van der Waals surface area contributed by atoms with Crippen molar-refractivity contribution in [2.75, 3.05) is 12.8 Å². The van der Waals surface area contributed by atoms with Crippen molar-refractivity contribution in [1.29, 1.82) is 0 Å². The number of aryl methyl sites for hydroxylation is 1. The molecule has 1 heterocycles. The molecule has 0 unspecified atom stereocenters. The summed E-state index contributed by atoms with van der Waals surface area (Å²) in [5, 5.41) is 0. The zero-order valence-electron chi connectivity index (χ0n) is 9.68. The lowest BCUT2D eigenvalue weighted by Gasteiger charge is -2.10. The predicted octanol–water partition coefficient (Wildman–Crippen LogP) is 1.55. The Morgan fingerprint density at radius 3 is 2.82 bits per heavy atom. The Morgan fingerprint density at radius 1 is 1.47 bits per heavy atom. The second-order valence-corrected chi connectivity index (χ2v) is 3.61. The molecular weight excluding hydrogens is 218 g/mol. The Morgan fingerprint density at radius 2 is 2.24 bits per heavy atom. The van der Waals surface area contributed by atoms with Gasteiger partial charge >= 0.3 is 5.97 Å². The number of imidazole rings is 1. The average molecular weight is 231 g/mol. The number of carbonyl (C=O) groups excluding carboxylic acids is 1. The first-order valence-corrected chi connectivity index (χ1v) is 5.11. The van der Waals surface area contributed by atoms with Gasteiger partial charge in [-0.3, -0.25) is 0 Å². The van der Waals surface area contributed by atoms with E-state index in [-0.39, 0.29) is 5.97 Å². The van der Waals surface area contributed by atoms with Crippen LogP contribution in [0.5, 0.6) is 0 Å². The van der Waals surface area contributed by atoms with Crippen LogP contribution in [-0.4, -0.2) is 22.6 Å². The minimum atomic E-state index is -0.385. The molecule has 0 saturated carbocycles. The van der Waals surface area contributed by atoms with E-state index in [1.807, 2.05) is 11.5 Å². The molecule has 0 atom stereocenters. The van der Waals surface area contributed by atoms with Gasteiger partial charge in [0, 0.05) is 12.4 Å². The van der Waals surface area contributed by atoms with Crippen LogP contribution in [-0.2, 0) is 4.74 Å². The standard InChI is InChI=1S/C12H13N3O2/c1-8-14-5-6-15(8)11-7-9(12(16)17-2)3-4-10(11)13/h3-7H,13H2,1-2H3. The molecule has 0 saturated heterocycles. The monoisotopic (exact) mass is 231 g/mol. The van der Waals surface area contributed by atoms with Crippen molar-refractivity contribution in [3.63, 3.8) is 0 Å². The predicted molar refractivity (Wildman–Crippen MR) is 64.1 cm³/mol. The van der Waals surface area contributed by atoms with Crippen molar-refractivity contribution in [3.8, 4) is 5.69 Å². The highest BCUT2D eigenvalue weighted by atomic mass is 16.5. The van der Waals surface area contributed by atoms with Gasteiger partial charge < -0.3 is 15.0 Å². The fourth-order valence-electron chi connectivity index (χ4n) is 1.63. The minimum Gasteiger partial charge on any atom is -0.465 e. The number of nitrogens with zero attached hydrogens (tertiary/aromatic N) is 2. The summed E-state index contributed by atoms with van der Waals surface area (Å²) in [4.78, 5) is 15.6. The third-order valence-corrected chi connectivity index (χ3v) is 2.54. The summed E-state index contributed by atoms with van der Waals surface area (Å²) in [5.41, 5.74) is 7.66. The molecule has 0 aliphatic rings. The molecule has 0 aliphatic carbocycles. The highest BCUT2D eigenvalue weighted by Gasteiger charge is 2.10. The van der Waals surface area contributed by atoms with Gasteiger partial charge in [-0.15, -0.1) is 0 Å². The van der Waals surface area contributed by atoms with Crippen LogP contribution < -0.4 is 5.73 Å². The highest BCUT2D eigenvalue weighted by Crippen LogP contribution is 2.20. The second kappa shape index (κ2) is 4.29. The molecule has 17 heavy (non-hydrogen) atoms. The minimum absolute atomic E-state index is 0.385. The Kier molecular flexibility index (Phi) is 2.82. The largest absolute Gasteiger partial charge is 0.465 e. The average Bonchev–Trinajstić information content (AvgIpc) is 2.75. The van der Waals surface area contributed by atoms with Crippen molar-refractivity contribution in [2.45, 2.75) is 6.92 Å². The maximum atomic E-state index is 11.4. The summed E-state index contributed by atoms with van der Waals surface area (Å²) in [7, 11) is 1.35. The Balaban J connectivity index is 2.54. The molecule has 5 heteroatoms. The van der Waals surface area contributed by atoms with Crippen molar-refractivity contribution < 1.29 is 9.53 Å². The first-order valence-electron chi connectivity index (χ1n) is 5.11. The lowest BCUT2D eigenvalue weighted by molar-refractivity contribution is 0.0600. The molecule has 5 nitrogen and oxygen atoms in total. The SMILES string of the molecule is COC(=O)c1ccc(N)c(-n2ccnc2C)c1. The van der Waals surface area contributed by atoms with Gasteiger partial charge in [-0.1, -0.05) is 0 Å². The number of carbonyl (C=O) groups is 1. The number of benzene rings is 1. The van der Waals surface area contributed by atoms with Crippen molar-refractivity contribution >= 4 is 11.7 Å². The molecule has 2 N–H and O–H groups in total. The van der Waals surface area contributed by atoms with E-state index in [0.717, 1.165) is 11.5 Å². The number of methoxy groups -OCH3 is 1. The van der Waals surface area contributed by atoms with Crippen LogP contribution in [0.3, 0.4) is 0 Å². The van der Waals surface area contributed by atoms with Gasteiger partial charge in [0.15, 0.2) is 0 Å². The van der Waals surface area contributed by atoms with Gasteiger partial charge in [-0.2, -0.15) is 0 Å². The van der Waals surface area contributed by atoms with Crippen LogP contribution in [0.4, 0.5) is 5.69 Å². The van der Waals surface area contributed by atoms with Gasteiger partial charge in [0.2, 0.25) is 0 Å². The van der Waals surface area contributed by atoms with Crippen LogP contribution >= 0.6 is 0 Å². The van der Waals surface area contributed by atoms with Crippen LogP contribution in [0, 0.1) is 6.92 Å². The molecule has 0 spiro atoms. The van der Waals surface area contributed by atoms with Gasteiger partial charge in [0.25, 0.3) is 0 Å². The molecule has 88 valence electrons. The molecule has 0 fully saturated rings. The summed E-state index contributed by atoms with van der Waals surface area (Å²) in [6.45, 7) is 1.87. The number of anilines is 1. The van der Waals surface area contributed by atoms with Gasteiger partial charge in [0.05, 0.1) is 24.0 Å². The number of aromatic nitrogens is 2. The van der Waals surface area contributed by atoms with Crippen LogP contribution in [0.1, 0.15) is 16.2 Å². The molecule has 0 bridgehead atoms. The first-order chi connectivity index (χ1) is 8.13. The summed E-state index contributed by atoms with van der Waals surface area (Å²) in [6.07, 6.45) is 3.47. The third-order valence-electron chi connectivity index (χ3n) is 2.54. The van der Waals surface area contributed by atoms with E-state index >= 15 is 0 Å². The zero-order chi connectivity index (χ0) is 12.4. The summed E-state index contributed by atoms with van der Waals surface area (Å²) in [6, 6.07) is 5.01. The Hall–Kier alpha value is -2.30. The van der Waals surface area contributed by atoms with Crippen LogP contribution in [0.2, 0.25) is 0 Å². The molecule has 0 aliphatic heterocycles. The van der Waals surface area contributed by atoms with Gasteiger partial charge in [0.1, 0.15) is 5.82 Å². The molecule has 1 aromatic heterocycles. The van der Waals surface area contributed by atoms with E-state index in [9.17, 15) is 4.79 Å². The molecular formula is C12H13N3O2. The number of esters is 1. The number of nitrogen functional groups attached to an aromatic ring is 1. The second-order valence-electron chi connectivity index (χ2n) is 3.61. The summed E-state index contributed by atoms with van der Waals surface area (Å²) < 4.78 is 6.50. The number of hydrogen-bond donors (Lipinski definition) is 1. The molecule has 0 radical (unpaired) electrons. The molecule has 0 amide bonds. The van der Waals surface area contributed by atoms with E-state index in [1.165, 1.54) is 7.11 Å². The lowest BCUT2D eigenvalue weighted by atomic mass is 10.1. The summed E-state index contributed by atoms with van der Waals surface area (Å²) >= 11 is 0. The number of rotatable bonds is 2. The van der Waals surface area contributed by atoms with Crippen molar-refractivity contribution in [3.05, 3.63) is 42.0 Å². The van der Waals surface area contributed by atoms with Crippen LogP contribution in [0.15, 0.2) is 30.6 Å². The fraction of sp³-hybridized carbons (Fsp3) is 0.167. The third kappa shape index (κ3) is 1.99. The topological polar surface area (TPSA) is 70.1 Å². The normalized spacial score (nSPS) is 10.2. The zero-order valence-corrected chi connectivity index (χ0v) is 9.68. The number of nitrogens with two attached hydrogens (primary N) is 1. The summed E-state index contributed by atoms with van der Waals surface area (Å²) in [5.74, 6) is 0.419. The molecule has 2 rings (SSSR count). The van der Waals surface area contributed by atoms with Crippen molar-refractivity contribution in [2.24, 2.45) is 0 Å². The first kappa shape index (κ1) is 11.2. The van der Waals surface area contributed by atoms with E-state index in [4.69, 9.17) is 5.73 Å². The highest BCUT2D eigenvalue weighted by molar-refractivity contribution is 5.91. The number of ether oxygens (including phenoxy) is 1. The number of hydrogen-bond acceptors (Lipinski definition) is 4. The van der Waals surface area contributed by atoms with Gasteiger partial charge in [-0.25, -0.2) is 9.78 Å².